The van der Waals surface area contributed by atoms with Gasteiger partial charge in [0.15, 0.2) is 0 Å². The van der Waals surface area contributed by atoms with Gasteiger partial charge < -0.3 is 24.5 Å². The number of carbonyl (C=O) groups is 3. The second kappa shape index (κ2) is 13.3. The molecule has 1 spiro atoms. The van der Waals surface area contributed by atoms with Crippen molar-refractivity contribution in [3.63, 3.8) is 0 Å². The average Bonchev–Trinajstić information content (AvgIpc) is 3.58. The number of carbonyl (C=O) groups excluding carboxylic acids is 3. The first-order valence-corrected chi connectivity index (χ1v) is 17.0. The molecule has 0 saturated carbocycles. The molecule has 8 nitrogen and oxygen atoms in total. The molecule has 6 atom stereocenters. The molecule has 4 rings (SSSR count). The summed E-state index contributed by atoms with van der Waals surface area (Å²) >= 11 is 0. The predicted molar refractivity (Wildman–Crippen MR) is 182 cm³/mol. The van der Waals surface area contributed by atoms with E-state index in [4.69, 9.17) is 4.74 Å². The molecule has 254 valence electrons. The fourth-order valence-electron chi connectivity index (χ4n) is 8.98. The molecule has 8 heteroatoms. The van der Waals surface area contributed by atoms with Crippen LogP contribution in [0.1, 0.15) is 86.6 Å². The van der Waals surface area contributed by atoms with Gasteiger partial charge in [0.05, 0.1) is 30.1 Å². The Morgan fingerprint density at radius 2 is 1.70 bits per heavy atom. The van der Waals surface area contributed by atoms with Crippen molar-refractivity contribution in [3.8, 4) is 0 Å². The number of hydrogen-bond acceptors (Lipinski definition) is 5. The molecule has 2 bridgehead atoms. The van der Waals surface area contributed by atoms with Gasteiger partial charge in [-0.05, 0) is 56.4 Å². The lowest BCUT2D eigenvalue weighted by Crippen LogP contribution is -2.63. The number of amides is 3. The molecule has 2 unspecified atom stereocenters. The molecule has 0 aliphatic carbocycles. The van der Waals surface area contributed by atoms with Gasteiger partial charge in [-0.3, -0.25) is 14.4 Å². The zero-order chi connectivity index (χ0) is 34.2. The van der Waals surface area contributed by atoms with Gasteiger partial charge in [-0.15, -0.1) is 13.2 Å². The summed E-state index contributed by atoms with van der Waals surface area (Å²) in [7, 11) is 0. The van der Waals surface area contributed by atoms with Gasteiger partial charge in [-0.25, -0.2) is 0 Å². The second-order valence-corrected chi connectivity index (χ2v) is 15.9. The van der Waals surface area contributed by atoms with E-state index in [2.05, 4.69) is 47.8 Å². The first-order valence-electron chi connectivity index (χ1n) is 17.0. The molecule has 1 aromatic carbocycles. The molecule has 3 heterocycles. The number of fused-ring (bicyclic) bond motifs is 1. The van der Waals surface area contributed by atoms with Gasteiger partial charge in [-0.2, -0.15) is 0 Å². The predicted octanol–water partition coefficient (Wildman–Crippen LogP) is 5.60. The van der Waals surface area contributed by atoms with Crippen LogP contribution in [0.2, 0.25) is 0 Å². The van der Waals surface area contributed by atoms with Crippen molar-refractivity contribution in [2.75, 3.05) is 19.7 Å². The van der Waals surface area contributed by atoms with Crippen LogP contribution in [-0.2, 0) is 25.7 Å². The van der Waals surface area contributed by atoms with Crippen LogP contribution in [0.25, 0.3) is 0 Å². The summed E-state index contributed by atoms with van der Waals surface area (Å²) in [5.74, 6) is -2.36. The zero-order valence-corrected chi connectivity index (χ0v) is 29.4. The van der Waals surface area contributed by atoms with E-state index in [0.29, 0.717) is 38.9 Å². The molecular weight excluding hydrogens is 578 g/mol. The molecule has 3 fully saturated rings. The van der Waals surface area contributed by atoms with Gasteiger partial charge >= 0.3 is 0 Å². The maximum atomic E-state index is 15.2. The number of aliphatic hydroxyl groups excluding tert-OH is 1. The van der Waals surface area contributed by atoms with E-state index in [0.717, 1.165) is 12.0 Å². The van der Waals surface area contributed by atoms with E-state index in [9.17, 15) is 14.7 Å². The quantitative estimate of drug-likeness (QED) is 0.269. The number of benzene rings is 1. The molecule has 3 aliphatic rings. The maximum Gasteiger partial charge on any atom is 0.249 e. The fraction of sp³-hybridized carbons (Fsp3) is 0.658. The zero-order valence-electron chi connectivity index (χ0n) is 29.4. The average molecular weight is 636 g/mol. The van der Waals surface area contributed by atoms with Crippen LogP contribution in [0, 0.1) is 23.2 Å². The van der Waals surface area contributed by atoms with E-state index in [-0.39, 0.29) is 35.7 Å². The van der Waals surface area contributed by atoms with E-state index < -0.39 is 40.7 Å². The molecule has 1 aromatic rings. The Labute approximate surface area is 276 Å². The van der Waals surface area contributed by atoms with Crippen LogP contribution < -0.4 is 0 Å². The summed E-state index contributed by atoms with van der Waals surface area (Å²) in [6.45, 7) is 25.1. The summed E-state index contributed by atoms with van der Waals surface area (Å²) in [4.78, 5) is 50.0. The van der Waals surface area contributed by atoms with Crippen LogP contribution in [-0.4, -0.2) is 86.0 Å². The van der Waals surface area contributed by atoms with E-state index in [1.807, 2.05) is 56.0 Å². The fourth-order valence-corrected chi connectivity index (χ4v) is 8.98. The first kappa shape index (κ1) is 35.9. The molecule has 46 heavy (non-hydrogen) atoms. The lowest BCUT2D eigenvalue weighted by molar-refractivity contribution is -0.162. The molecular formula is C38H57N3O5. The highest BCUT2D eigenvalue weighted by Crippen LogP contribution is 2.65. The van der Waals surface area contributed by atoms with Crippen molar-refractivity contribution in [3.05, 3.63) is 61.2 Å². The number of ether oxygens (including phenoxy) is 1. The number of hydrogen-bond donors (Lipinski definition) is 1. The largest absolute Gasteiger partial charge is 0.394 e. The van der Waals surface area contributed by atoms with E-state index in [1.165, 1.54) is 0 Å². The highest BCUT2D eigenvalue weighted by molar-refractivity contribution is 5.99. The minimum absolute atomic E-state index is 0.0692. The molecule has 1 N–H and O–H groups in total. The van der Waals surface area contributed by atoms with Crippen LogP contribution in [0.5, 0.6) is 0 Å². The lowest BCUT2D eigenvalue weighted by Gasteiger charge is -2.47. The molecule has 3 amide bonds. The Balaban J connectivity index is 1.86. The van der Waals surface area contributed by atoms with E-state index >= 15 is 4.79 Å². The summed E-state index contributed by atoms with van der Waals surface area (Å²) in [6.07, 6.45) is 5.78. The van der Waals surface area contributed by atoms with Gasteiger partial charge in [0.1, 0.15) is 11.6 Å². The number of likely N-dealkylation sites (tertiary alicyclic amines) is 1. The Kier molecular flexibility index (Phi) is 10.3. The van der Waals surface area contributed by atoms with Crippen molar-refractivity contribution in [2.45, 2.75) is 116 Å². The Morgan fingerprint density at radius 1 is 1.07 bits per heavy atom. The van der Waals surface area contributed by atoms with Crippen LogP contribution >= 0.6 is 0 Å². The second-order valence-electron chi connectivity index (χ2n) is 15.9. The summed E-state index contributed by atoms with van der Waals surface area (Å²) < 4.78 is 7.09. The van der Waals surface area contributed by atoms with Crippen LogP contribution in [0.15, 0.2) is 55.6 Å². The van der Waals surface area contributed by atoms with E-state index in [1.54, 1.807) is 22.0 Å². The highest BCUT2D eigenvalue weighted by atomic mass is 16.5. The van der Waals surface area contributed by atoms with Crippen molar-refractivity contribution >= 4 is 17.7 Å². The SMILES string of the molecule is C=CCN(Cc1ccccc1)C(=O)[C@H]1[C@H]2C(=O)N([C@@H](CO)C(C)C)C(C(=O)N(CC=C)C(C)(C)CC(C)(C)C)C23CC[C@]1(CC)O3. The number of rotatable bonds is 14. The van der Waals surface area contributed by atoms with Crippen LogP contribution in [0.3, 0.4) is 0 Å². The molecule has 0 radical (unpaired) electrons. The Hall–Kier alpha value is -2.97. The third-order valence-electron chi connectivity index (χ3n) is 10.6. The number of nitrogens with zero attached hydrogens (tertiary/aromatic N) is 3. The minimum Gasteiger partial charge on any atom is -0.394 e. The normalized spacial score (nSPS) is 27.9. The van der Waals surface area contributed by atoms with Gasteiger partial charge in [0, 0.05) is 25.2 Å². The van der Waals surface area contributed by atoms with Crippen molar-refractivity contribution in [1.29, 1.82) is 0 Å². The highest BCUT2D eigenvalue weighted by Gasteiger charge is 2.79. The summed E-state index contributed by atoms with van der Waals surface area (Å²) in [5.41, 5.74) is -1.70. The molecule has 3 aliphatic heterocycles. The standard InChI is InChI=1S/C38H57N3O5/c1-11-21-39(23-27-17-15-14-16-18-27)32(43)29-30-33(44)41(28(24-42)26(4)5)31(38(30)20-19-37(29,13-3)46-38)34(45)40(22-12-2)36(9,10)25-35(6,7)8/h11-12,14-18,26,28-31,42H,1-2,13,19-25H2,3-10H3/t28-,29+,30-,31?,37-,38?/m0/s1. The van der Waals surface area contributed by atoms with Crippen molar-refractivity contribution < 1.29 is 24.2 Å². The Bertz CT molecular complexity index is 1300. The smallest absolute Gasteiger partial charge is 0.249 e. The lowest BCUT2D eigenvalue weighted by atomic mass is 9.64. The Morgan fingerprint density at radius 3 is 2.22 bits per heavy atom. The maximum absolute atomic E-state index is 15.2. The number of aliphatic hydroxyl groups is 1. The van der Waals surface area contributed by atoms with Crippen LogP contribution in [0.4, 0.5) is 0 Å². The summed E-state index contributed by atoms with van der Waals surface area (Å²) in [5, 5.41) is 10.7. The summed E-state index contributed by atoms with van der Waals surface area (Å²) in [6, 6.07) is 8.21. The monoisotopic (exact) mass is 635 g/mol. The minimum atomic E-state index is -1.18. The van der Waals surface area contributed by atoms with Crippen molar-refractivity contribution in [2.24, 2.45) is 23.2 Å². The van der Waals surface area contributed by atoms with Gasteiger partial charge in [0.25, 0.3) is 0 Å². The van der Waals surface area contributed by atoms with Crippen molar-refractivity contribution in [1.82, 2.24) is 14.7 Å². The van der Waals surface area contributed by atoms with Gasteiger partial charge in [-0.1, -0.05) is 84.0 Å². The first-order chi connectivity index (χ1) is 21.5. The molecule has 3 saturated heterocycles. The van der Waals surface area contributed by atoms with Gasteiger partial charge in [0.2, 0.25) is 17.7 Å². The third-order valence-corrected chi connectivity index (χ3v) is 10.6. The molecule has 0 aromatic heterocycles. The topological polar surface area (TPSA) is 90.4 Å². The third kappa shape index (κ3) is 6.19.